The fraction of sp³-hybridized carbons (Fsp3) is 0.0455. The van der Waals surface area contributed by atoms with E-state index in [-0.39, 0.29) is 11.8 Å². The van der Waals surface area contributed by atoms with E-state index in [4.69, 9.17) is 0 Å². The standard InChI is InChI=1S/C22H17N3O2S2/c1-14-23-20(13-29-14)15-6-8-17(9-7-15)24-22(27)18-4-2-3-5-19(18)25-21(26)16-10-11-28-12-16/h2-13H,1H3,(H,24,27)(H,25,26). The van der Waals surface area contributed by atoms with Gasteiger partial charge in [-0.25, -0.2) is 4.98 Å². The summed E-state index contributed by atoms with van der Waals surface area (Å²) in [7, 11) is 0. The summed E-state index contributed by atoms with van der Waals surface area (Å²) in [5.41, 5.74) is 4.02. The normalized spacial score (nSPS) is 10.5. The van der Waals surface area contributed by atoms with Gasteiger partial charge >= 0.3 is 0 Å². The first kappa shape index (κ1) is 19.0. The Morgan fingerprint density at radius 2 is 1.69 bits per heavy atom. The molecule has 0 bridgehead atoms. The number of nitrogens with zero attached hydrogens (tertiary/aromatic N) is 1. The number of carbonyl (C=O) groups excluding carboxylic acids is 2. The number of benzene rings is 2. The van der Waals surface area contributed by atoms with E-state index in [1.165, 1.54) is 11.3 Å². The van der Waals surface area contributed by atoms with E-state index >= 15 is 0 Å². The zero-order valence-corrected chi connectivity index (χ0v) is 17.1. The average Bonchev–Trinajstić information content (AvgIpc) is 3.41. The van der Waals surface area contributed by atoms with Gasteiger partial charge in [-0.15, -0.1) is 11.3 Å². The van der Waals surface area contributed by atoms with Crippen LogP contribution in [0.3, 0.4) is 0 Å². The lowest BCUT2D eigenvalue weighted by atomic mass is 10.1. The van der Waals surface area contributed by atoms with Crippen molar-refractivity contribution in [3.63, 3.8) is 0 Å². The summed E-state index contributed by atoms with van der Waals surface area (Å²) < 4.78 is 0. The Balaban J connectivity index is 1.49. The SMILES string of the molecule is Cc1nc(-c2ccc(NC(=O)c3ccccc3NC(=O)c3ccsc3)cc2)cs1. The minimum absolute atomic E-state index is 0.241. The van der Waals surface area contributed by atoms with Crippen LogP contribution in [0.5, 0.6) is 0 Å². The minimum atomic E-state index is -0.288. The highest BCUT2D eigenvalue weighted by Crippen LogP contribution is 2.24. The quantitative estimate of drug-likeness (QED) is 0.437. The number of rotatable bonds is 5. The first-order valence-electron chi connectivity index (χ1n) is 8.86. The van der Waals surface area contributed by atoms with Crippen molar-refractivity contribution in [1.29, 1.82) is 0 Å². The van der Waals surface area contributed by atoms with Crippen LogP contribution in [0.2, 0.25) is 0 Å². The number of nitrogens with one attached hydrogen (secondary N) is 2. The number of thiophene rings is 1. The van der Waals surface area contributed by atoms with Crippen molar-refractivity contribution in [2.24, 2.45) is 0 Å². The van der Waals surface area contributed by atoms with E-state index < -0.39 is 0 Å². The fourth-order valence-electron chi connectivity index (χ4n) is 2.80. The first-order chi connectivity index (χ1) is 14.1. The van der Waals surface area contributed by atoms with Gasteiger partial charge in [0.2, 0.25) is 0 Å². The second kappa shape index (κ2) is 8.38. The lowest BCUT2D eigenvalue weighted by Crippen LogP contribution is -2.17. The molecule has 7 heteroatoms. The molecule has 0 saturated carbocycles. The van der Waals surface area contributed by atoms with Crippen LogP contribution in [0.4, 0.5) is 11.4 Å². The molecule has 5 nitrogen and oxygen atoms in total. The molecule has 2 aromatic carbocycles. The molecule has 0 aliphatic heterocycles. The summed E-state index contributed by atoms with van der Waals surface area (Å²) in [5, 5.41) is 12.3. The predicted octanol–water partition coefficient (Wildman–Crippen LogP) is 5.68. The number of para-hydroxylation sites is 1. The van der Waals surface area contributed by atoms with Gasteiger partial charge in [0.15, 0.2) is 0 Å². The molecular weight excluding hydrogens is 402 g/mol. The van der Waals surface area contributed by atoms with Gasteiger partial charge in [0.25, 0.3) is 11.8 Å². The molecule has 0 aliphatic carbocycles. The number of amides is 2. The van der Waals surface area contributed by atoms with Crippen LogP contribution in [0, 0.1) is 6.92 Å². The Morgan fingerprint density at radius 3 is 2.38 bits per heavy atom. The largest absolute Gasteiger partial charge is 0.322 e. The minimum Gasteiger partial charge on any atom is -0.322 e. The summed E-state index contributed by atoms with van der Waals surface area (Å²) in [6, 6.07) is 16.2. The summed E-state index contributed by atoms with van der Waals surface area (Å²) in [4.78, 5) is 29.6. The van der Waals surface area contributed by atoms with Crippen molar-refractivity contribution in [3.05, 3.63) is 86.9 Å². The molecule has 2 N–H and O–H groups in total. The van der Waals surface area contributed by atoms with E-state index in [1.807, 2.05) is 41.9 Å². The van der Waals surface area contributed by atoms with Crippen LogP contribution >= 0.6 is 22.7 Å². The number of aryl methyl sites for hydroxylation is 1. The number of aromatic nitrogens is 1. The Kier molecular flexibility index (Phi) is 5.50. The smallest absolute Gasteiger partial charge is 0.257 e. The van der Waals surface area contributed by atoms with Crippen molar-refractivity contribution in [3.8, 4) is 11.3 Å². The van der Waals surface area contributed by atoms with E-state index in [0.717, 1.165) is 16.3 Å². The third-order valence-electron chi connectivity index (χ3n) is 4.26. The summed E-state index contributed by atoms with van der Waals surface area (Å²) in [6.45, 7) is 1.97. The Labute approximate surface area is 176 Å². The molecule has 0 spiro atoms. The van der Waals surface area contributed by atoms with Gasteiger partial charge in [0, 0.05) is 22.0 Å². The zero-order valence-electron chi connectivity index (χ0n) is 15.5. The van der Waals surface area contributed by atoms with Gasteiger partial charge in [-0.3, -0.25) is 9.59 Å². The molecule has 0 saturated heterocycles. The van der Waals surface area contributed by atoms with Crippen molar-refractivity contribution < 1.29 is 9.59 Å². The number of hydrogen-bond donors (Lipinski definition) is 2. The van der Waals surface area contributed by atoms with Crippen LogP contribution < -0.4 is 10.6 Å². The fourth-order valence-corrected chi connectivity index (χ4v) is 4.06. The maximum Gasteiger partial charge on any atom is 0.257 e. The lowest BCUT2D eigenvalue weighted by molar-refractivity contribution is 0.102. The molecule has 2 aromatic heterocycles. The number of anilines is 2. The van der Waals surface area contributed by atoms with Gasteiger partial charge in [-0.1, -0.05) is 24.3 Å². The maximum atomic E-state index is 12.8. The molecule has 0 fully saturated rings. The number of carbonyl (C=O) groups is 2. The van der Waals surface area contributed by atoms with Crippen molar-refractivity contribution in [2.45, 2.75) is 6.92 Å². The van der Waals surface area contributed by atoms with E-state index in [0.29, 0.717) is 22.5 Å². The van der Waals surface area contributed by atoms with E-state index in [1.54, 1.807) is 47.0 Å². The average molecular weight is 420 g/mol. The van der Waals surface area contributed by atoms with Crippen molar-refractivity contribution in [1.82, 2.24) is 4.98 Å². The first-order valence-corrected chi connectivity index (χ1v) is 10.7. The summed E-state index contributed by atoms with van der Waals surface area (Å²) >= 11 is 3.05. The van der Waals surface area contributed by atoms with Gasteiger partial charge in [-0.2, -0.15) is 11.3 Å². The molecule has 2 heterocycles. The van der Waals surface area contributed by atoms with Crippen molar-refractivity contribution >= 4 is 45.9 Å². The lowest BCUT2D eigenvalue weighted by Gasteiger charge is -2.11. The Morgan fingerprint density at radius 1 is 0.897 bits per heavy atom. The van der Waals surface area contributed by atoms with E-state index in [2.05, 4.69) is 15.6 Å². The van der Waals surface area contributed by atoms with Gasteiger partial charge in [-0.05, 0) is 42.6 Å². The third-order valence-corrected chi connectivity index (χ3v) is 5.72. The summed E-state index contributed by atoms with van der Waals surface area (Å²) in [5.74, 6) is -0.530. The second-order valence-corrected chi connectivity index (χ2v) is 8.14. The zero-order chi connectivity index (χ0) is 20.2. The highest BCUT2D eigenvalue weighted by atomic mass is 32.1. The molecular formula is C22H17N3O2S2. The van der Waals surface area contributed by atoms with Crippen LogP contribution in [0.1, 0.15) is 25.7 Å². The van der Waals surface area contributed by atoms with Crippen LogP contribution in [0.25, 0.3) is 11.3 Å². The molecule has 144 valence electrons. The van der Waals surface area contributed by atoms with Crippen LogP contribution in [-0.2, 0) is 0 Å². The second-order valence-electron chi connectivity index (χ2n) is 6.29. The molecule has 2 amide bonds. The Bertz CT molecular complexity index is 1150. The van der Waals surface area contributed by atoms with Crippen LogP contribution in [0.15, 0.2) is 70.7 Å². The molecule has 0 unspecified atom stereocenters. The van der Waals surface area contributed by atoms with E-state index in [9.17, 15) is 9.59 Å². The monoisotopic (exact) mass is 419 g/mol. The summed E-state index contributed by atoms with van der Waals surface area (Å²) in [6.07, 6.45) is 0. The highest BCUT2D eigenvalue weighted by Gasteiger charge is 2.14. The van der Waals surface area contributed by atoms with Crippen LogP contribution in [-0.4, -0.2) is 16.8 Å². The maximum absolute atomic E-state index is 12.8. The molecule has 0 radical (unpaired) electrons. The molecule has 4 aromatic rings. The molecule has 0 atom stereocenters. The Hall–Kier alpha value is -3.29. The van der Waals surface area contributed by atoms with Gasteiger partial charge in [0.05, 0.1) is 27.5 Å². The van der Waals surface area contributed by atoms with Gasteiger partial charge < -0.3 is 10.6 Å². The highest BCUT2D eigenvalue weighted by molar-refractivity contribution is 7.09. The number of thiazole rings is 1. The number of hydrogen-bond acceptors (Lipinski definition) is 5. The predicted molar refractivity (Wildman–Crippen MR) is 119 cm³/mol. The molecule has 0 aliphatic rings. The topological polar surface area (TPSA) is 71.1 Å². The van der Waals surface area contributed by atoms with Gasteiger partial charge in [0.1, 0.15) is 0 Å². The molecule has 29 heavy (non-hydrogen) atoms. The molecule has 4 rings (SSSR count). The third kappa shape index (κ3) is 4.42. The van der Waals surface area contributed by atoms with Crippen molar-refractivity contribution in [2.75, 3.05) is 10.6 Å².